The number of halogens is 1. The number of nitrogens with zero attached hydrogens (tertiary/aromatic N) is 2. The summed E-state index contributed by atoms with van der Waals surface area (Å²) < 4.78 is 0. The standard InChI is InChI=1S/C22H21ClN4O2/c1-14(22(29)26-19-7-2-6-18-16(19)5-3-11-24-18)25-15-9-10-20(17(23)13-15)27-12-4-8-21(27)28/h2-3,5-7,9-11,13-14,25H,4,8,12H2,1H3,(H,26,29)/t14-/m0/s1. The van der Waals surface area contributed by atoms with E-state index in [-0.39, 0.29) is 11.8 Å². The molecule has 3 aromatic rings. The number of hydrogen-bond donors (Lipinski definition) is 2. The van der Waals surface area contributed by atoms with Gasteiger partial charge in [-0.1, -0.05) is 17.7 Å². The summed E-state index contributed by atoms with van der Waals surface area (Å²) in [7, 11) is 0. The molecule has 2 aromatic carbocycles. The lowest BCUT2D eigenvalue weighted by molar-refractivity contribution is -0.117. The molecule has 0 radical (unpaired) electrons. The summed E-state index contributed by atoms with van der Waals surface area (Å²) >= 11 is 6.39. The highest BCUT2D eigenvalue weighted by molar-refractivity contribution is 6.34. The van der Waals surface area contributed by atoms with Gasteiger partial charge in [0.1, 0.15) is 6.04 Å². The number of pyridine rings is 1. The summed E-state index contributed by atoms with van der Waals surface area (Å²) in [5, 5.41) is 7.49. The number of amides is 2. The largest absolute Gasteiger partial charge is 0.374 e. The third-order valence-corrected chi connectivity index (χ3v) is 5.29. The van der Waals surface area contributed by atoms with Crippen LogP contribution in [0.2, 0.25) is 5.02 Å². The van der Waals surface area contributed by atoms with Crippen molar-refractivity contribution in [1.82, 2.24) is 4.98 Å². The zero-order valence-corrected chi connectivity index (χ0v) is 16.7. The predicted octanol–water partition coefficient (Wildman–Crippen LogP) is 4.45. The van der Waals surface area contributed by atoms with Gasteiger partial charge in [-0.2, -0.15) is 0 Å². The summed E-state index contributed by atoms with van der Waals surface area (Å²) in [5.74, 6) is -0.0822. The van der Waals surface area contributed by atoms with E-state index in [2.05, 4.69) is 15.6 Å². The highest BCUT2D eigenvalue weighted by atomic mass is 35.5. The molecule has 0 unspecified atom stereocenters. The van der Waals surface area contributed by atoms with Crippen molar-refractivity contribution in [2.75, 3.05) is 22.1 Å². The molecular weight excluding hydrogens is 388 g/mol. The number of anilines is 3. The van der Waals surface area contributed by atoms with Gasteiger partial charge < -0.3 is 15.5 Å². The van der Waals surface area contributed by atoms with Crippen molar-refractivity contribution in [3.8, 4) is 0 Å². The van der Waals surface area contributed by atoms with E-state index in [1.54, 1.807) is 24.1 Å². The molecule has 1 atom stereocenters. The molecule has 0 bridgehead atoms. The summed E-state index contributed by atoms with van der Waals surface area (Å²) in [6, 6.07) is 14.3. The van der Waals surface area contributed by atoms with Gasteiger partial charge in [-0.25, -0.2) is 0 Å². The molecule has 1 aliphatic rings. The van der Waals surface area contributed by atoms with E-state index in [1.807, 2.05) is 42.5 Å². The molecule has 29 heavy (non-hydrogen) atoms. The van der Waals surface area contributed by atoms with Crippen LogP contribution in [0.5, 0.6) is 0 Å². The lowest BCUT2D eigenvalue weighted by Gasteiger charge is -2.20. The molecule has 1 aromatic heterocycles. The number of carbonyl (C=O) groups is 2. The maximum absolute atomic E-state index is 12.7. The Hall–Kier alpha value is -3.12. The molecule has 0 saturated carbocycles. The monoisotopic (exact) mass is 408 g/mol. The number of benzene rings is 2. The van der Waals surface area contributed by atoms with Gasteiger partial charge in [0.25, 0.3) is 0 Å². The highest BCUT2D eigenvalue weighted by Crippen LogP contribution is 2.32. The minimum absolute atomic E-state index is 0.0879. The van der Waals surface area contributed by atoms with Crippen molar-refractivity contribution in [1.29, 1.82) is 0 Å². The zero-order valence-electron chi connectivity index (χ0n) is 16.0. The number of aromatic nitrogens is 1. The Morgan fingerprint density at radius 1 is 1.21 bits per heavy atom. The van der Waals surface area contributed by atoms with Crippen LogP contribution in [-0.4, -0.2) is 29.4 Å². The number of hydrogen-bond acceptors (Lipinski definition) is 4. The number of carbonyl (C=O) groups excluding carboxylic acids is 2. The van der Waals surface area contributed by atoms with Crippen molar-refractivity contribution >= 4 is 51.4 Å². The van der Waals surface area contributed by atoms with Crippen molar-refractivity contribution in [3.05, 3.63) is 59.8 Å². The summed E-state index contributed by atoms with van der Waals surface area (Å²) in [5.41, 5.74) is 2.97. The summed E-state index contributed by atoms with van der Waals surface area (Å²) in [6.07, 6.45) is 3.12. The Bertz CT molecular complexity index is 1080. The molecule has 0 spiro atoms. The maximum Gasteiger partial charge on any atom is 0.246 e. The second-order valence-electron chi connectivity index (χ2n) is 7.05. The van der Waals surface area contributed by atoms with Gasteiger partial charge in [-0.3, -0.25) is 14.6 Å². The quantitative estimate of drug-likeness (QED) is 0.653. The first-order valence-electron chi connectivity index (χ1n) is 9.54. The molecular formula is C22H21ClN4O2. The van der Waals surface area contributed by atoms with Crippen molar-refractivity contribution < 1.29 is 9.59 Å². The number of fused-ring (bicyclic) bond motifs is 1. The minimum atomic E-state index is -0.489. The van der Waals surface area contributed by atoms with Gasteiger partial charge in [0.2, 0.25) is 11.8 Å². The minimum Gasteiger partial charge on any atom is -0.374 e. The Morgan fingerprint density at radius 2 is 2.07 bits per heavy atom. The average Bonchev–Trinajstić information content (AvgIpc) is 3.14. The summed E-state index contributed by atoms with van der Waals surface area (Å²) in [6.45, 7) is 2.47. The lowest BCUT2D eigenvalue weighted by Crippen LogP contribution is -2.32. The Kier molecular flexibility index (Phi) is 5.36. The van der Waals surface area contributed by atoms with Crippen LogP contribution in [0.1, 0.15) is 19.8 Å². The second-order valence-corrected chi connectivity index (χ2v) is 7.45. The van der Waals surface area contributed by atoms with Gasteiger partial charge in [-0.05, 0) is 55.8 Å². The molecule has 0 aliphatic carbocycles. The number of nitrogens with one attached hydrogen (secondary N) is 2. The van der Waals surface area contributed by atoms with Crippen molar-refractivity contribution in [2.24, 2.45) is 0 Å². The third kappa shape index (κ3) is 4.03. The van der Waals surface area contributed by atoms with Gasteiger partial charge in [0, 0.05) is 30.2 Å². The molecule has 2 N–H and O–H groups in total. The van der Waals surface area contributed by atoms with Crippen LogP contribution in [0.15, 0.2) is 54.7 Å². The molecule has 1 saturated heterocycles. The molecule has 1 fully saturated rings. The van der Waals surface area contributed by atoms with Crippen molar-refractivity contribution in [3.63, 3.8) is 0 Å². The Morgan fingerprint density at radius 3 is 2.83 bits per heavy atom. The highest BCUT2D eigenvalue weighted by Gasteiger charge is 2.24. The van der Waals surface area contributed by atoms with E-state index in [1.165, 1.54) is 0 Å². The van der Waals surface area contributed by atoms with E-state index in [0.29, 0.717) is 29.4 Å². The molecule has 4 rings (SSSR count). The van der Waals surface area contributed by atoms with Crippen LogP contribution >= 0.6 is 11.6 Å². The molecule has 2 amide bonds. The average molecular weight is 409 g/mol. The van der Waals surface area contributed by atoms with Crippen LogP contribution < -0.4 is 15.5 Å². The first kappa shape index (κ1) is 19.2. The van der Waals surface area contributed by atoms with Gasteiger partial charge in [0.05, 0.1) is 21.9 Å². The van der Waals surface area contributed by atoms with Crippen molar-refractivity contribution in [2.45, 2.75) is 25.8 Å². The fourth-order valence-corrected chi connectivity index (χ4v) is 3.77. The van der Waals surface area contributed by atoms with Crippen LogP contribution in [0, 0.1) is 0 Å². The van der Waals surface area contributed by atoms with E-state index in [4.69, 9.17) is 11.6 Å². The Balaban J connectivity index is 1.46. The van der Waals surface area contributed by atoms with E-state index >= 15 is 0 Å². The second kappa shape index (κ2) is 8.09. The van der Waals surface area contributed by atoms with Crippen LogP contribution in [0.3, 0.4) is 0 Å². The molecule has 6 nitrogen and oxygen atoms in total. The topological polar surface area (TPSA) is 74.3 Å². The Labute approximate surface area is 173 Å². The fraction of sp³-hybridized carbons (Fsp3) is 0.227. The molecule has 2 heterocycles. The normalized spacial score (nSPS) is 14.8. The molecule has 1 aliphatic heterocycles. The van der Waals surface area contributed by atoms with Gasteiger partial charge in [0.15, 0.2) is 0 Å². The van der Waals surface area contributed by atoms with Gasteiger partial charge in [-0.15, -0.1) is 0 Å². The van der Waals surface area contributed by atoms with E-state index in [0.717, 1.165) is 23.0 Å². The van der Waals surface area contributed by atoms with Crippen LogP contribution in [0.25, 0.3) is 10.9 Å². The molecule has 148 valence electrons. The predicted molar refractivity (Wildman–Crippen MR) is 116 cm³/mol. The summed E-state index contributed by atoms with van der Waals surface area (Å²) in [4.78, 5) is 30.6. The lowest BCUT2D eigenvalue weighted by atomic mass is 10.1. The van der Waals surface area contributed by atoms with E-state index < -0.39 is 6.04 Å². The first-order chi connectivity index (χ1) is 14.0. The third-order valence-electron chi connectivity index (χ3n) is 4.99. The molecule has 7 heteroatoms. The fourth-order valence-electron chi connectivity index (χ4n) is 3.49. The zero-order chi connectivity index (χ0) is 20.4. The number of rotatable bonds is 5. The SMILES string of the molecule is C[C@H](Nc1ccc(N2CCCC2=O)c(Cl)c1)C(=O)Nc1cccc2ncccc12. The smallest absolute Gasteiger partial charge is 0.246 e. The first-order valence-corrected chi connectivity index (χ1v) is 9.92. The van der Waals surface area contributed by atoms with Crippen LogP contribution in [-0.2, 0) is 9.59 Å². The van der Waals surface area contributed by atoms with Gasteiger partial charge >= 0.3 is 0 Å². The maximum atomic E-state index is 12.7. The van der Waals surface area contributed by atoms with Crippen LogP contribution in [0.4, 0.5) is 17.1 Å². The van der Waals surface area contributed by atoms with E-state index in [9.17, 15) is 9.59 Å².